The van der Waals surface area contributed by atoms with Crippen LogP contribution in [-0.4, -0.2) is 24.1 Å². The lowest BCUT2D eigenvalue weighted by atomic mass is 9.85. The third-order valence-electron chi connectivity index (χ3n) is 5.09. The van der Waals surface area contributed by atoms with E-state index < -0.39 is 0 Å². The predicted octanol–water partition coefficient (Wildman–Crippen LogP) is 3.52. The van der Waals surface area contributed by atoms with Crippen molar-refractivity contribution >= 4 is 5.82 Å². The molecule has 2 heterocycles. The maximum atomic E-state index is 4.74. The van der Waals surface area contributed by atoms with Crippen LogP contribution in [0.25, 0.3) is 0 Å². The van der Waals surface area contributed by atoms with E-state index in [1.54, 1.807) is 0 Å². The molecule has 3 heteroatoms. The lowest BCUT2D eigenvalue weighted by molar-refractivity contribution is 0.341. The van der Waals surface area contributed by atoms with Gasteiger partial charge in [-0.15, -0.1) is 0 Å². The molecule has 1 saturated heterocycles. The first-order chi connectivity index (χ1) is 9.79. The fourth-order valence-electron chi connectivity index (χ4n) is 3.94. The lowest BCUT2D eigenvalue weighted by Gasteiger charge is -2.32. The van der Waals surface area contributed by atoms with Crippen LogP contribution in [-0.2, 0) is 0 Å². The number of hydrogen-bond donors (Lipinski definition) is 1. The molecule has 1 aliphatic carbocycles. The van der Waals surface area contributed by atoms with Gasteiger partial charge in [0.15, 0.2) is 0 Å². The molecule has 1 aliphatic heterocycles. The highest BCUT2D eigenvalue weighted by Crippen LogP contribution is 2.38. The van der Waals surface area contributed by atoms with Crippen LogP contribution in [0.4, 0.5) is 5.82 Å². The van der Waals surface area contributed by atoms with Crippen LogP contribution in [0.2, 0.25) is 0 Å². The van der Waals surface area contributed by atoms with Gasteiger partial charge in [-0.2, -0.15) is 0 Å². The van der Waals surface area contributed by atoms with Crippen LogP contribution in [0.5, 0.6) is 0 Å². The molecule has 0 bridgehead atoms. The van der Waals surface area contributed by atoms with Crippen LogP contribution in [0.1, 0.15) is 57.6 Å². The maximum Gasteiger partial charge on any atom is 0.128 e. The summed E-state index contributed by atoms with van der Waals surface area (Å²) in [5.41, 5.74) is 1.29. The highest BCUT2D eigenvalue weighted by atomic mass is 15.2. The second-order valence-corrected chi connectivity index (χ2v) is 6.32. The molecular weight excluding hydrogens is 246 g/mol. The average Bonchev–Trinajstić information content (AvgIpc) is 2.92. The van der Waals surface area contributed by atoms with Gasteiger partial charge < -0.3 is 10.2 Å². The van der Waals surface area contributed by atoms with Crippen molar-refractivity contribution in [2.24, 2.45) is 5.92 Å². The topological polar surface area (TPSA) is 28.2 Å². The molecule has 0 radical (unpaired) electrons. The molecule has 0 amide bonds. The summed E-state index contributed by atoms with van der Waals surface area (Å²) in [4.78, 5) is 7.30. The van der Waals surface area contributed by atoms with E-state index >= 15 is 0 Å². The molecule has 1 saturated carbocycles. The van der Waals surface area contributed by atoms with Crippen molar-refractivity contribution in [1.82, 2.24) is 10.3 Å². The molecule has 0 aromatic carbocycles. The summed E-state index contributed by atoms with van der Waals surface area (Å²) < 4.78 is 0. The summed E-state index contributed by atoms with van der Waals surface area (Å²) in [7, 11) is 0. The number of nitrogens with one attached hydrogen (secondary N) is 1. The molecule has 20 heavy (non-hydrogen) atoms. The molecular formula is C17H27N3. The van der Waals surface area contributed by atoms with Gasteiger partial charge in [-0.25, -0.2) is 4.98 Å². The molecule has 110 valence electrons. The summed E-state index contributed by atoms with van der Waals surface area (Å²) >= 11 is 0. The van der Waals surface area contributed by atoms with Gasteiger partial charge in [0.1, 0.15) is 5.82 Å². The van der Waals surface area contributed by atoms with Crippen molar-refractivity contribution in [3.8, 4) is 0 Å². The first-order valence-corrected chi connectivity index (χ1v) is 8.25. The van der Waals surface area contributed by atoms with Gasteiger partial charge in [0.05, 0.1) is 0 Å². The Balaban J connectivity index is 1.71. The third-order valence-corrected chi connectivity index (χ3v) is 5.09. The van der Waals surface area contributed by atoms with E-state index in [4.69, 9.17) is 4.98 Å². The van der Waals surface area contributed by atoms with E-state index in [-0.39, 0.29) is 0 Å². The Kier molecular flexibility index (Phi) is 4.25. The number of rotatable bonds is 4. The van der Waals surface area contributed by atoms with Crippen LogP contribution >= 0.6 is 0 Å². The van der Waals surface area contributed by atoms with Gasteiger partial charge in [-0.05, 0) is 50.3 Å². The molecule has 3 unspecified atom stereocenters. The minimum atomic E-state index is 0.391. The van der Waals surface area contributed by atoms with E-state index in [0.717, 1.165) is 18.5 Å². The van der Waals surface area contributed by atoms with Gasteiger partial charge >= 0.3 is 0 Å². The van der Waals surface area contributed by atoms with Crippen LogP contribution < -0.4 is 10.2 Å². The molecule has 3 atom stereocenters. The molecule has 3 rings (SSSR count). The number of hydrogen-bond acceptors (Lipinski definition) is 3. The van der Waals surface area contributed by atoms with Crippen molar-refractivity contribution in [2.75, 3.05) is 18.0 Å². The van der Waals surface area contributed by atoms with Crippen LogP contribution in [0.15, 0.2) is 18.3 Å². The Bertz CT molecular complexity index is 428. The second-order valence-electron chi connectivity index (χ2n) is 6.32. The molecule has 1 aromatic heterocycles. The highest BCUT2D eigenvalue weighted by molar-refractivity contribution is 5.43. The zero-order chi connectivity index (χ0) is 13.9. The Hall–Kier alpha value is -1.09. The summed E-state index contributed by atoms with van der Waals surface area (Å²) in [5, 5.41) is 3.44. The highest BCUT2D eigenvalue weighted by Gasteiger charge is 2.36. The van der Waals surface area contributed by atoms with Crippen LogP contribution in [0, 0.1) is 5.92 Å². The Morgan fingerprint density at radius 1 is 1.30 bits per heavy atom. The summed E-state index contributed by atoms with van der Waals surface area (Å²) in [6.45, 7) is 6.54. The van der Waals surface area contributed by atoms with Gasteiger partial charge in [0, 0.05) is 24.8 Å². The van der Waals surface area contributed by atoms with Gasteiger partial charge in [0.2, 0.25) is 0 Å². The van der Waals surface area contributed by atoms with E-state index in [0.29, 0.717) is 6.04 Å². The fraction of sp³-hybridized carbons (Fsp3) is 0.706. The Morgan fingerprint density at radius 3 is 2.90 bits per heavy atom. The normalized spacial score (nSPS) is 27.4. The van der Waals surface area contributed by atoms with E-state index in [1.165, 1.54) is 50.0 Å². The van der Waals surface area contributed by atoms with Crippen molar-refractivity contribution in [3.63, 3.8) is 0 Å². The number of pyridine rings is 1. The quantitative estimate of drug-likeness (QED) is 0.909. The Morgan fingerprint density at radius 2 is 2.15 bits per heavy atom. The van der Waals surface area contributed by atoms with Crippen LogP contribution in [0.3, 0.4) is 0 Å². The smallest absolute Gasteiger partial charge is 0.128 e. The fourth-order valence-corrected chi connectivity index (χ4v) is 3.94. The maximum absolute atomic E-state index is 4.74. The van der Waals surface area contributed by atoms with Gasteiger partial charge in [0.25, 0.3) is 0 Å². The SMILES string of the molecule is CCNC(C)c1ccc(N2CCC3CCCCC32)nc1. The summed E-state index contributed by atoms with van der Waals surface area (Å²) in [6, 6.07) is 5.61. The van der Waals surface area contributed by atoms with Crippen molar-refractivity contribution in [3.05, 3.63) is 23.9 Å². The molecule has 1 N–H and O–H groups in total. The standard InChI is InChI=1S/C17H27N3/c1-3-18-13(2)15-8-9-17(19-12-15)20-11-10-14-6-4-5-7-16(14)20/h8-9,12-14,16,18H,3-7,10-11H2,1-2H3. The minimum absolute atomic E-state index is 0.391. The van der Waals surface area contributed by atoms with E-state index in [9.17, 15) is 0 Å². The molecule has 2 fully saturated rings. The average molecular weight is 273 g/mol. The first kappa shape index (κ1) is 13.9. The van der Waals surface area contributed by atoms with E-state index in [1.807, 2.05) is 0 Å². The zero-order valence-electron chi connectivity index (χ0n) is 12.8. The lowest BCUT2D eigenvalue weighted by Crippen LogP contribution is -2.35. The predicted molar refractivity (Wildman–Crippen MR) is 84.0 cm³/mol. The number of aromatic nitrogens is 1. The zero-order valence-corrected chi connectivity index (χ0v) is 12.8. The van der Waals surface area contributed by atoms with Crippen molar-refractivity contribution < 1.29 is 0 Å². The summed E-state index contributed by atoms with van der Waals surface area (Å²) in [6.07, 6.45) is 9.04. The van der Waals surface area contributed by atoms with Crippen molar-refractivity contribution in [1.29, 1.82) is 0 Å². The molecule has 0 spiro atoms. The van der Waals surface area contributed by atoms with Gasteiger partial charge in [-0.3, -0.25) is 0 Å². The Labute approximate surface area is 122 Å². The number of anilines is 1. The van der Waals surface area contributed by atoms with Gasteiger partial charge in [-0.1, -0.05) is 25.8 Å². The minimum Gasteiger partial charge on any atom is -0.353 e. The summed E-state index contributed by atoms with van der Waals surface area (Å²) in [5.74, 6) is 2.11. The monoisotopic (exact) mass is 273 g/mol. The number of fused-ring (bicyclic) bond motifs is 1. The molecule has 2 aliphatic rings. The number of nitrogens with zero attached hydrogens (tertiary/aromatic N) is 2. The molecule has 1 aromatic rings. The first-order valence-electron chi connectivity index (χ1n) is 8.25. The molecule has 3 nitrogen and oxygen atoms in total. The van der Waals surface area contributed by atoms with E-state index in [2.05, 4.69) is 42.4 Å². The largest absolute Gasteiger partial charge is 0.353 e. The van der Waals surface area contributed by atoms with Crippen molar-refractivity contribution in [2.45, 2.75) is 58.0 Å². The third kappa shape index (κ3) is 2.69. The second kappa shape index (κ2) is 6.13.